The number of carbonyl (C=O) groups excluding carboxylic acids is 2. The van der Waals surface area contributed by atoms with Gasteiger partial charge in [0.1, 0.15) is 12.6 Å². The number of rotatable bonds is 4. The second-order valence-electron chi connectivity index (χ2n) is 2.79. The molecular formula is C6H10N4O4. The van der Waals surface area contributed by atoms with Gasteiger partial charge in [0, 0.05) is 0 Å². The standard InChI is InChI=1S/C6H10N4O4/c7-9-3(5(12)13)1-10-2-4(11)8-6(10)14/h3,9H,1-2,7H2,(H,12,13)(H,8,11,14). The molecule has 0 bridgehead atoms. The van der Waals surface area contributed by atoms with Gasteiger partial charge in [-0.25, -0.2) is 10.2 Å². The van der Waals surface area contributed by atoms with Crippen LogP contribution in [0.4, 0.5) is 4.79 Å². The number of aliphatic carboxylic acids is 1. The van der Waals surface area contributed by atoms with Crippen LogP contribution in [0.3, 0.4) is 0 Å². The van der Waals surface area contributed by atoms with Crippen molar-refractivity contribution in [1.29, 1.82) is 0 Å². The van der Waals surface area contributed by atoms with Gasteiger partial charge in [0.05, 0.1) is 6.54 Å². The van der Waals surface area contributed by atoms with E-state index in [9.17, 15) is 14.4 Å². The normalized spacial score (nSPS) is 18.2. The van der Waals surface area contributed by atoms with Crippen molar-refractivity contribution in [3.63, 3.8) is 0 Å². The average molecular weight is 202 g/mol. The Morgan fingerprint density at radius 2 is 2.36 bits per heavy atom. The van der Waals surface area contributed by atoms with Crippen molar-refractivity contribution in [3.8, 4) is 0 Å². The molecule has 8 heteroatoms. The van der Waals surface area contributed by atoms with Crippen LogP contribution in [0.5, 0.6) is 0 Å². The number of nitrogens with two attached hydrogens (primary N) is 1. The lowest BCUT2D eigenvalue weighted by molar-refractivity contribution is -0.139. The molecule has 1 fully saturated rings. The van der Waals surface area contributed by atoms with Crippen LogP contribution in [0.1, 0.15) is 0 Å². The lowest BCUT2D eigenvalue weighted by Gasteiger charge is -2.17. The third-order valence-corrected chi connectivity index (χ3v) is 1.77. The predicted octanol–water partition coefficient (Wildman–Crippen LogP) is -2.55. The molecule has 3 amide bonds. The van der Waals surface area contributed by atoms with E-state index in [2.05, 4.69) is 0 Å². The molecule has 5 N–H and O–H groups in total. The van der Waals surface area contributed by atoms with E-state index in [4.69, 9.17) is 10.9 Å². The zero-order valence-corrected chi connectivity index (χ0v) is 7.19. The molecule has 0 spiro atoms. The fourth-order valence-electron chi connectivity index (χ4n) is 1.05. The minimum atomic E-state index is -1.18. The van der Waals surface area contributed by atoms with Crippen molar-refractivity contribution in [1.82, 2.24) is 15.6 Å². The van der Waals surface area contributed by atoms with Crippen LogP contribution >= 0.6 is 0 Å². The molecule has 1 aliphatic rings. The van der Waals surface area contributed by atoms with E-state index in [1.807, 2.05) is 10.7 Å². The van der Waals surface area contributed by atoms with Crippen molar-refractivity contribution in [3.05, 3.63) is 0 Å². The Balaban J connectivity index is 2.55. The number of amides is 3. The van der Waals surface area contributed by atoms with E-state index in [-0.39, 0.29) is 13.1 Å². The summed E-state index contributed by atoms with van der Waals surface area (Å²) in [6, 6.07) is -1.68. The van der Waals surface area contributed by atoms with Crippen molar-refractivity contribution >= 4 is 17.9 Å². The quantitative estimate of drug-likeness (QED) is 0.226. The minimum absolute atomic E-state index is 0.135. The Labute approximate surface area is 79.0 Å². The van der Waals surface area contributed by atoms with E-state index in [0.717, 1.165) is 4.90 Å². The topological polar surface area (TPSA) is 125 Å². The van der Waals surface area contributed by atoms with E-state index >= 15 is 0 Å². The number of imide groups is 1. The zero-order valence-electron chi connectivity index (χ0n) is 7.19. The summed E-state index contributed by atoms with van der Waals surface area (Å²) >= 11 is 0. The molecule has 78 valence electrons. The van der Waals surface area contributed by atoms with E-state index in [1.54, 1.807) is 0 Å². The molecule has 1 heterocycles. The second-order valence-corrected chi connectivity index (χ2v) is 2.79. The highest BCUT2D eigenvalue weighted by molar-refractivity contribution is 6.02. The fraction of sp³-hybridized carbons (Fsp3) is 0.500. The molecule has 0 aromatic heterocycles. The van der Waals surface area contributed by atoms with Gasteiger partial charge in [0.15, 0.2) is 0 Å². The smallest absolute Gasteiger partial charge is 0.324 e. The van der Waals surface area contributed by atoms with Gasteiger partial charge in [0.25, 0.3) is 0 Å². The molecule has 1 rings (SSSR count). The highest BCUT2D eigenvalue weighted by atomic mass is 16.4. The second kappa shape index (κ2) is 4.03. The first-order chi connectivity index (χ1) is 6.54. The molecule has 14 heavy (non-hydrogen) atoms. The lowest BCUT2D eigenvalue weighted by Crippen LogP contribution is -2.49. The summed E-state index contributed by atoms with van der Waals surface area (Å²) in [6.07, 6.45) is 0. The van der Waals surface area contributed by atoms with Gasteiger partial charge in [-0.1, -0.05) is 0 Å². The maximum atomic E-state index is 11.0. The summed E-state index contributed by atoms with van der Waals surface area (Å²) < 4.78 is 0. The average Bonchev–Trinajstić information content (AvgIpc) is 2.40. The first kappa shape index (κ1) is 10.4. The van der Waals surface area contributed by atoms with E-state index in [1.165, 1.54) is 0 Å². The van der Waals surface area contributed by atoms with Gasteiger partial charge < -0.3 is 10.0 Å². The van der Waals surface area contributed by atoms with Crippen LogP contribution in [-0.4, -0.2) is 47.0 Å². The summed E-state index contributed by atoms with van der Waals surface area (Å²) in [7, 11) is 0. The Hall–Kier alpha value is -1.67. The number of carboxylic acid groups (broad SMARTS) is 1. The first-order valence-corrected chi connectivity index (χ1v) is 3.82. The third kappa shape index (κ3) is 2.18. The number of carbonyl (C=O) groups is 3. The molecule has 0 aliphatic carbocycles. The molecular weight excluding hydrogens is 192 g/mol. The van der Waals surface area contributed by atoms with Crippen LogP contribution in [-0.2, 0) is 9.59 Å². The Kier molecular flexibility index (Phi) is 2.99. The van der Waals surface area contributed by atoms with Gasteiger partial charge in [-0.05, 0) is 0 Å². The number of nitrogens with zero attached hydrogens (tertiary/aromatic N) is 1. The van der Waals surface area contributed by atoms with E-state index < -0.39 is 23.9 Å². The molecule has 1 aliphatic heterocycles. The zero-order chi connectivity index (χ0) is 10.7. The van der Waals surface area contributed by atoms with Gasteiger partial charge in [-0.15, -0.1) is 0 Å². The lowest BCUT2D eigenvalue weighted by atomic mass is 10.3. The maximum Gasteiger partial charge on any atom is 0.324 e. The van der Waals surface area contributed by atoms with Crippen molar-refractivity contribution in [2.45, 2.75) is 6.04 Å². The van der Waals surface area contributed by atoms with Crippen molar-refractivity contribution in [2.75, 3.05) is 13.1 Å². The van der Waals surface area contributed by atoms with Crippen molar-refractivity contribution < 1.29 is 19.5 Å². The number of nitrogens with one attached hydrogen (secondary N) is 2. The number of hydrogen-bond acceptors (Lipinski definition) is 5. The van der Waals surface area contributed by atoms with E-state index in [0.29, 0.717) is 0 Å². The molecule has 1 unspecified atom stereocenters. The largest absolute Gasteiger partial charge is 0.480 e. The minimum Gasteiger partial charge on any atom is -0.480 e. The Morgan fingerprint density at radius 3 is 2.71 bits per heavy atom. The number of hydrogen-bond donors (Lipinski definition) is 4. The number of urea groups is 1. The summed E-state index contributed by atoms with van der Waals surface area (Å²) in [6.45, 7) is -0.284. The van der Waals surface area contributed by atoms with Crippen LogP contribution < -0.4 is 16.6 Å². The van der Waals surface area contributed by atoms with Gasteiger partial charge in [-0.3, -0.25) is 20.7 Å². The number of carboxylic acids is 1. The summed E-state index contributed by atoms with van der Waals surface area (Å²) in [5, 5.41) is 10.6. The highest BCUT2D eigenvalue weighted by Crippen LogP contribution is 1.99. The summed E-state index contributed by atoms with van der Waals surface area (Å²) in [5.41, 5.74) is 2.03. The third-order valence-electron chi connectivity index (χ3n) is 1.77. The molecule has 0 saturated carbocycles. The maximum absolute atomic E-state index is 11.0. The molecule has 0 aromatic carbocycles. The summed E-state index contributed by atoms with van der Waals surface area (Å²) in [5.74, 6) is 3.33. The molecule has 1 saturated heterocycles. The Bertz CT molecular complexity index is 279. The fourth-order valence-corrected chi connectivity index (χ4v) is 1.05. The van der Waals surface area contributed by atoms with Crippen LogP contribution in [0.25, 0.3) is 0 Å². The van der Waals surface area contributed by atoms with Crippen LogP contribution in [0.15, 0.2) is 0 Å². The molecule has 8 nitrogen and oxygen atoms in total. The number of hydrazine groups is 1. The van der Waals surface area contributed by atoms with Gasteiger partial charge >= 0.3 is 12.0 Å². The van der Waals surface area contributed by atoms with Crippen LogP contribution in [0.2, 0.25) is 0 Å². The monoisotopic (exact) mass is 202 g/mol. The molecule has 0 aromatic rings. The van der Waals surface area contributed by atoms with Gasteiger partial charge in [-0.2, -0.15) is 0 Å². The molecule has 1 atom stereocenters. The summed E-state index contributed by atoms with van der Waals surface area (Å²) in [4.78, 5) is 33.3. The SMILES string of the molecule is NNC(CN1CC(=O)NC1=O)C(=O)O. The van der Waals surface area contributed by atoms with Crippen molar-refractivity contribution in [2.24, 2.45) is 5.84 Å². The molecule has 0 radical (unpaired) electrons. The predicted molar refractivity (Wildman–Crippen MR) is 43.9 cm³/mol. The van der Waals surface area contributed by atoms with Crippen LogP contribution in [0, 0.1) is 0 Å². The first-order valence-electron chi connectivity index (χ1n) is 3.82. The highest BCUT2D eigenvalue weighted by Gasteiger charge is 2.30. The Morgan fingerprint density at radius 1 is 1.71 bits per heavy atom. The van der Waals surface area contributed by atoms with Gasteiger partial charge in [0.2, 0.25) is 5.91 Å².